The summed E-state index contributed by atoms with van der Waals surface area (Å²) in [5.74, 6) is 0.814. The lowest BCUT2D eigenvalue weighted by Gasteiger charge is -2.33. The van der Waals surface area contributed by atoms with Gasteiger partial charge in [0.15, 0.2) is 0 Å². The number of hydrogen-bond donors (Lipinski definition) is 1. The largest absolute Gasteiger partial charge is 0.450 e. The molecule has 3 aliphatic heterocycles. The number of piperazine rings is 1. The predicted molar refractivity (Wildman–Crippen MR) is 104 cm³/mol. The Labute approximate surface area is 169 Å². The fourth-order valence-electron chi connectivity index (χ4n) is 3.78. The van der Waals surface area contributed by atoms with E-state index in [1.807, 2.05) is 4.58 Å². The maximum absolute atomic E-state index is 12.8. The molecule has 0 aromatic rings. The Bertz CT molecular complexity index is 743. The van der Waals surface area contributed by atoms with Gasteiger partial charge in [0, 0.05) is 53.3 Å². The van der Waals surface area contributed by atoms with Gasteiger partial charge in [-0.15, -0.1) is 0 Å². The molecule has 0 spiro atoms. The molecule has 0 bridgehead atoms. The first-order valence-electron chi connectivity index (χ1n) is 9.90. The predicted octanol–water partition coefficient (Wildman–Crippen LogP) is -1.14. The first kappa shape index (κ1) is 21.2. The number of fused-ring (bicyclic) bond motifs is 1. The molecule has 3 rings (SSSR count). The Morgan fingerprint density at radius 2 is 1.90 bits per heavy atom. The van der Waals surface area contributed by atoms with Crippen LogP contribution in [-0.4, -0.2) is 132 Å². The lowest BCUT2D eigenvalue weighted by atomic mass is 10.1. The highest BCUT2D eigenvalue weighted by molar-refractivity contribution is 6.23. The van der Waals surface area contributed by atoms with Crippen LogP contribution in [0.4, 0.5) is 9.59 Å². The summed E-state index contributed by atoms with van der Waals surface area (Å²) < 4.78 is 6.93. The third kappa shape index (κ3) is 4.10. The van der Waals surface area contributed by atoms with Gasteiger partial charge in [0.2, 0.25) is 0 Å². The molecule has 3 aliphatic rings. The van der Waals surface area contributed by atoms with Crippen LogP contribution in [0.1, 0.15) is 13.3 Å². The Morgan fingerprint density at radius 1 is 1.21 bits per heavy atom. The number of aliphatic imine (C=N–C) groups is 1. The number of carbonyl (C=O) groups is 3. The fraction of sp³-hybridized carbons (Fsp3) is 0.722. The summed E-state index contributed by atoms with van der Waals surface area (Å²) in [5.41, 5.74) is 0. The van der Waals surface area contributed by atoms with Crippen LogP contribution in [0.2, 0.25) is 0 Å². The van der Waals surface area contributed by atoms with Crippen LogP contribution in [0.25, 0.3) is 0 Å². The highest BCUT2D eigenvalue weighted by atomic mass is 16.6. The van der Waals surface area contributed by atoms with Crippen molar-refractivity contribution in [2.45, 2.75) is 19.4 Å². The molecule has 11 nitrogen and oxygen atoms in total. The second-order valence-corrected chi connectivity index (χ2v) is 7.26. The number of amides is 4. The number of amidine groups is 2. The lowest BCUT2D eigenvalue weighted by Crippen LogP contribution is -2.61. The SMILES string of the molecule is CCOC(=O)N1CCN(CC2=[N+](CCCO)C3C(=O)N(C)C(=O)N(C)C3=N2)CC1. The number of aliphatic hydroxyl groups is 1. The van der Waals surface area contributed by atoms with Crippen molar-refractivity contribution in [3.05, 3.63) is 0 Å². The maximum Gasteiger partial charge on any atom is 0.409 e. The van der Waals surface area contributed by atoms with E-state index in [4.69, 9.17) is 4.74 Å². The van der Waals surface area contributed by atoms with Gasteiger partial charge < -0.3 is 14.7 Å². The minimum atomic E-state index is -0.648. The molecule has 1 unspecified atom stereocenters. The van der Waals surface area contributed by atoms with Gasteiger partial charge in [-0.05, 0) is 11.9 Å². The minimum Gasteiger partial charge on any atom is -0.450 e. The molecule has 29 heavy (non-hydrogen) atoms. The van der Waals surface area contributed by atoms with Gasteiger partial charge in [0.05, 0.1) is 13.2 Å². The molecule has 4 amide bonds. The van der Waals surface area contributed by atoms with Gasteiger partial charge >= 0.3 is 18.0 Å². The van der Waals surface area contributed by atoms with Gasteiger partial charge in [0.1, 0.15) is 6.54 Å². The number of likely N-dealkylation sites (N-methyl/N-ethyl adjacent to an activating group) is 2. The van der Waals surface area contributed by atoms with E-state index < -0.39 is 12.1 Å². The van der Waals surface area contributed by atoms with Crippen molar-refractivity contribution >= 4 is 29.7 Å². The van der Waals surface area contributed by atoms with Crippen molar-refractivity contribution in [2.75, 3.05) is 66.6 Å². The summed E-state index contributed by atoms with van der Waals surface area (Å²) in [6.45, 7) is 5.54. The smallest absolute Gasteiger partial charge is 0.409 e. The van der Waals surface area contributed by atoms with Crippen LogP contribution in [0.5, 0.6) is 0 Å². The number of rotatable bonds is 6. The molecule has 0 radical (unpaired) electrons. The Hall–Kier alpha value is -2.53. The third-order valence-corrected chi connectivity index (χ3v) is 5.43. The van der Waals surface area contributed by atoms with Crippen molar-refractivity contribution in [1.29, 1.82) is 0 Å². The van der Waals surface area contributed by atoms with Gasteiger partial charge in [-0.2, -0.15) is 0 Å². The summed E-state index contributed by atoms with van der Waals surface area (Å²) >= 11 is 0. The van der Waals surface area contributed by atoms with E-state index in [-0.39, 0.29) is 18.6 Å². The number of aliphatic hydroxyl groups excluding tert-OH is 1. The van der Waals surface area contributed by atoms with Crippen LogP contribution in [0.15, 0.2) is 4.99 Å². The average Bonchev–Trinajstić information content (AvgIpc) is 3.08. The lowest BCUT2D eigenvalue weighted by molar-refractivity contribution is -0.537. The van der Waals surface area contributed by atoms with Gasteiger partial charge in [-0.25, -0.2) is 14.2 Å². The molecule has 1 atom stereocenters. The van der Waals surface area contributed by atoms with Crippen LogP contribution >= 0.6 is 0 Å². The number of hydrogen-bond acceptors (Lipinski definition) is 7. The summed E-state index contributed by atoms with van der Waals surface area (Å²) in [6.07, 6.45) is 0.193. The van der Waals surface area contributed by atoms with E-state index in [1.165, 1.54) is 11.9 Å². The van der Waals surface area contributed by atoms with Crippen LogP contribution < -0.4 is 0 Å². The van der Waals surface area contributed by atoms with Crippen LogP contribution in [-0.2, 0) is 9.53 Å². The first-order valence-corrected chi connectivity index (χ1v) is 9.90. The zero-order valence-electron chi connectivity index (χ0n) is 17.2. The number of carbonyl (C=O) groups excluding carboxylic acids is 3. The molecule has 3 heterocycles. The maximum atomic E-state index is 12.8. The minimum absolute atomic E-state index is 0.00282. The molecule has 2 saturated heterocycles. The summed E-state index contributed by atoms with van der Waals surface area (Å²) in [7, 11) is 3.08. The summed E-state index contributed by atoms with van der Waals surface area (Å²) in [4.78, 5) is 47.9. The van der Waals surface area contributed by atoms with Crippen LogP contribution in [0, 0.1) is 0 Å². The van der Waals surface area contributed by atoms with Crippen molar-refractivity contribution in [3.63, 3.8) is 0 Å². The van der Waals surface area contributed by atoms with E-state index in [2.05, 4.69) is 9.89 Å². The summed E-state index contributed by atoms with van der Waals surface area (Å²) in [5, 5.41) is 9.27. The molecule has 1 N–H and O–H groups in total. The number of urea groups is 1. The van der Waals surface area contributed by atoms with Gasteiger partial charge in [0.25, 0.3) is 17.8 Å². The standard InChI is InChI=1S/C18H29N6O5/c1-4-29-18(28)23-9-7-22(8-10-23)12-13-19-15-14(24(13)6-5-11-25)16(26)21(3)17(27)20(15)2/h14,25H,4-12H2,1-3H3/q+1. The van der Waals surface area contributed by atoms with E-state index >= 15 is 0 Å². The topological polar surface area (TPSA) is 109 Å². The molecule has 2 fully saturated rings. The third-order valence-electron chi connectivity index (χ3n) is 5.43. The van der Waals surface area contributed by atoms with E-state index in [0.717, 1.165) is 4.90 Å². The molecule has 0 aromatic heterocycles. The van der Waals surface area contributed by atoms with Crippen LogP contribution in [0.3, 0.4) is 0 Å². The van der Waals surface area contributed by atoms with E-state index in [1.54, 1.807) is 18.9 Å². The van der Waals surface area contributed by atoms with E-state index in [0.29, 0.717) is 64.0 Å². The molecule has 11 heteroatoms. The zero-order valence-corrected chi connectivity index (χ0v) is 17.2. The second-order valence-electron chi connectivity index (χ2n) is 7.26. The molecular weight excluding hydrogens is 380 g/mol. The summed E-state index contributed by atoms with van der Waals surface area (Å²) in [6, 6.07) is -1.05. The normalized spacial score (nSPS) is 23.0. The molecular formula is C18H29N6O5+. The number of imide groups is 1. The highest BCUT2D eigenvalue weighted by Crippen LogP contribution is 2.19. The zero-order chi connectivity index (χ0) is 21.1. The quantitative estimate of drug-likeness (QED) is 0.556. The van der Waals surface area contributed by atoms with Crippen molar-refractivity contribution in [2.24, 2.45) is 4.99 Å². The Balaban J connectivity index is 1.75. The van der Waals surface area contributed by atoms with E-state index in [9.17, 15) is 19.5 Å². The number of ether oxygens (including phenoxy) is 1. The average molecular weight is 409 g/mol. The second kappa shape index (κ2) is 8.87. The monoisotopic (exact) mass is 409 g/mol. The number of nitrogens with zero attached hydrogens (tertiary/aromatic N) is 6. The molecule has 0 saturated carbocycles. The molecule has 160 valence electrons. The Kier molecular flexibility index (Phi) is 6.48. The Morgan fingerprint density at radius 3 is 2.52 bits per heavy atom. The first-order chi connectivity index (χ1) is 13.9. The van der Waals surface area contributed by atoms with Crippen molar-refractivity contribution in [3.8, 4) is 0 Å². The highest BCUT2D eigenvalue weighted by Gasteiger charge is 2.52. The van der Waals surface area contributed by atoms with Crippen molar-refractivity contribution in [1.82, 2.24) is 19.6 Å². The van der Waals surface area contributed by atoms with Gasteiger partial charge in [-0.1, -0.05) is 0 Å². The molecule has 0 aromatic carbocycles. The van der Waals surface area contributed by atoms with Crippen molar-refractivity contribution < 1.29 is 28.8 Å². The molecule has 0 aliphatic carbocycles. The fourth-order valence-corrected chi connectivity index (χ4v) is 3.78. The van der Waals surface area contributed by atoms with Gasteiger partial charge in [-0.3, -0.25) is 19.5 Å².